The van der Waals surface area contributed by atoms with Crippen molar-refractivity contribution in [2.45, 2.75) is 84.4 Å². The van der Waals surface area contributed by atoms with Crippen LogP contribution in [0.25, 0.3) is 0 Å². The monoisotopic (exact) mass is 1330 g/mol. The molecule has 39 heteroatoms. The highest BCUT2D eigenvalue weighted by molar-refractivity contribution is 7.92. The Balaban J connectivity index is 0.000000366. The molecule has 0 saturated carbocycles. The van der Waals surface area contributed by atoms with Gasteiger partial charge in [0, 0.05) is 82.2 Å². The summed E-state index contributed by atoms with van der Waals surface area (Å²) in [5, 5.41) is 17.4. The molecule has 91 heavy (non-hydrogen) atoms. The van der Waals surface area contributed by atoms with E-state index in [1.807, 2.05) is 0 Å². The third kappa shape index (κ3) is 21.4. The number of sulfonamides is 2. The molecule has 0 aliphatic carbocycles. The first-order chi connectivity index (χ1) is 41.8. The lowest BCUT2D eigenvalue weighted by Gasteiger charge is -2.30. The number of hydrogen-bond acceptors (Lipinski definition) is 21. The third-order valence-electron chi connectivity index (χ3n) is 11.1. The summed E-state index contributed by atoms with van der Waals surface area (Å²) in [4.78, 5) is 92.9. The molecule has 28 nitrogen and oxygen atoms in total. The molecule has 0 atom stereocenters. The maximum Gasteiger partial charge on any atom is 0.490 e. The van der Waals surface area contributed by atoms with Gasteiger partial charge in [0.2, 0.25) is 31.9 Å². The molecule has 4 amide bonds. The third-order valence-corrected chi connectivity index (χ3v) is 13.5. The van der Waals surface area contributed by atoms with Gasteiger partial charge in [0.25, 0.3) is 11.8 Å². The highest BCUT2D eigenvalue weighted by Gasteiger charge is 2.42. The van der Waals surface area contributed by atoms with E-state index in [1.54, 1.807) is 32.9 Å². The van der Waals surface area contributed by atoms with Gasteiger partial charge in [-0.3, -0.25) is 33.1 Å². The normalized spacial score (nSPS) is 11.9. The van der Waals surface area contributed by atoms with E-state index >= 15 is 0 Å². The first-order valence-corrected chi connectivity index (χ1v) is 29.3. The van der Waals surface area contributed by atoms with Gasteiger partial charge in [0.15, 0.2) is 17.5 Å². The second-order valence-electron chi connectivity index (χ2n) is 20.4. The lowest BCUT2D eigenvalue weighted by Crippen LogP contribution is -2.40. The summed E-state index contributed by atoms with van der Waals surface area (Å²) in [7, 11) is -2.30. The second-order valence-corrected chi connectivity index (χ2v) is 24.4. The van der Waals surface area contributed by atoms with Gasteiger partial charge >= 0.3 is 36.7 Å². The number of anilines is 8. The van der Waals surface area contributed by atoms with Crippen LogP contribution in [-0.2, 0) is 59.8 Å². The molecule has 0 spiro atoms. The van der Waals surface area contributed by atoms with Crippen molar-refractivity contribution >= 4 is 96.6 Å². The van der Waals surface area contributed by atoms with Crippen LogP contribution in [-0.4, -0.2) is 150 Å². The van der Waals surface area contributed by atoms with Crippen LogP contribution in [0.5, 0.6) is 0 Å². The lowest BCUT2D eigenvalue weighted by molar-refractivity contribution is -0.192. The van der Waals surface area contributed by atoms with Crippen molar-refractivity contribution in [3.05, 3.63) is 119 Å². The van der Waals surface area contributed by atoms with Crippen molar-refractivity contribution in [2.24, 2.45) is 0 Å². The second kappa shape index (κ2) is 29.2. The Kier molecular flexibility index (Phi) is 23.6. The Morgan fingerprint density at radius 3 is 1.44 bits per heavy atom. The molecule has 494 valence electrons. The maximum atomic E-state index is 14.6. The summed E-state index contributed by atoms with van der Waals surface area (Å²) in [6, 6.07) is 11.5. The largest absolute Gasteiger partial charge is 0.490 e. The number of benzene rings is 2. The number of carboxylic acid groups (broad SMARTS) is 1. The fraction of sp³-hybridized carbons (Fsp3) is 0.365. The fourth-order valence-electron chi connectivity index (χ4n) is 6.81. The molecule has 5 N–H and O–H groups in total. The van der Waals surface area contributed by atoms with Gasteiger partial charge in [0.05, 0.1) is 31.3 Å². The first kappa shape index (κ1) is 73.6. The van der Waals surface area contributed by atoms with E-state index in [0.717, 1.165) is 45.5 Å². The molecule has 0 aliphatic rings. The highest BCUT2D eigenvalue weighted by atomic mass is 32.2. The minimum Gasteiger partial charge on any atom is -0.475 e. The average molecular weight is 1340 g/mol. The minimum absolute atomic E-state index is 0.00224. The van der Waals surface area contributed by atoms with Gasteiger partial charge in [-0.2, -0.15) is 49.5 Å². The van der Waals surface area contributed by atoms with Crippen molar-refractivity contribution < 1.29 is 94.9 Å². The fourth-order valence-corrected chi connectivity index (χ4v) is 7.75. The van der Waals surface area contributed by atoms with E-state index in [0.29, 0.717) is 28.5 Å². The van der Waals surface area contributed by atoms with E-state index in [1.165, 1.54) is 90.7 Å². The van der Waals surface area contributed by atoms with Gasteiger partial charge in [-0.05, 0) is 90.1 Å². The van der Waals surface area contributed by atoms with E-state index in [-0.39, 0.29) is 52.7 Å². The van der Waals surface area contributed by atoms with E-state index < -0.39 is 109 Å². The number of halogens is 9. The molecule has 6 aromatic rings. The topological polar surface area (TPSA) is 357 Å². The van der Waals surface area contributed by atoms with Crippen LogP contribution in [0.3, 0.4) is 0 Å². The zero-order valence-corrected chi connectivity index (χ0v) is 51.7. The molecule has 0 fully saturated rings. The highest BCUT2D eigenvalue weighted by Crippen LogP contribution is 2.39. The van der Waals surface area contributed by atoms with Gasteiger partial charge in [0.1, 0.15) is 39.5 Å². The summed E-state index contributed by atoms with van der Waals surface area (Å²) in [6.45, 7) is 8.02. The van der Waals surface area contributed by atoms with Crippen molar-refractivity contribution in [3.63, 3.8) is 0 Å². The molecule has 4 heterocycles. The molecule has 0 bridgehead atoms. The zero-order valence-electron chi connectivity index (χ0n) is 50.0. The Hall–Kier alpha value is -9.82. The molecule has 0 unspecified atom stereocenters. The van der Waals surface area contributed by atoms with Crippen LogP contribution >= 0.6 is 0 Å². The summed E-state index contributed by atoms with van der Waals surface area (Å²) < 4.78 is 177. The number of rotatable bonds is 16. The van der Waals surface area contributed by atoms with Gasteiger partial charge in [-0.15, -0.1) is 0 Å². The number of alkyl halides is 9. The summed E-state index contributed by atoms with van der Waals surface area (Å²) in [6.07, 6.45) is -9.68. The van der Waals surface area contributed by atoms with Crippen LogP contribution in [0, 0.1) is 0 Å². The molecular weight excluding hydrogens is 1280 g/mol. The Morgan fingerprint density at radius 2 is 1.00 bits per heavy atom. The van der Waals surface area contributed by atoms with Gasteiger partial charge in [-0.25, -0.2) is 56.1 Å². The lowest BCUT2D eigenvalue weighted by atomic mass is 10.2. The molecule has 6 rings (SSSR count). The summed E-state index contributed by atoms with van der Waals surface area (Å²) in [5.74, 6) is -6.20. The summed E-state index contributed by atoms with van der Waals surface area (Å²) in [5.41, 5.74) is -4.02. The smallest absolute Gasteiger partial charge is 0.475 e. The zero-order chi connectivity index (χ0) is 69.0. The quantitative estimate of drug-likeness (QED) is 0.0571. The van der Waals surface area contributed by atoms with Crippen molar-refractivity contribution in [1.82, 2.24) is 50.5 Å². The molecule has 0 radical (unpaired) electrons. The van der Waals surface area contributed by atoms with E-state index in [2.05, 4.69) is 61.1 Å². The van der Waals surface area contributed by atoms with Crippen LogP contribution in [0.1, 0.15) is 84.8 Å². The van der Waals surface area contributed by atoms with Gasteiger partial charge in [-0.1, -0.05) is 0 Å². The number of nitrogens with zero attached hydrogens (tertiary/aromatic N) is 12. The number of ether oxygens (including phenoxy) is 2. The van der Waals surface area contributed by atoms with Crippen LogP contribution in [0.2, 0.25) is 0 Å². The first-order valence-electron chi connectivity index (χ1n) is 25.6. The van der Waals surface area contributed by atoms with Crippen molar-refractivity contribution in [3.8, 4) is 0 Å². The Morgan fingerprint density at radius 1 is 0.571 bits per heavy atom. The number of carbonyl (C=O) groups is 5. The number of aromatic nitrogens is 8. The molecule has 0 saturated heterocycles. The molecular formula is C52H59F9N16O12S2. The number of amides is 4. The van der Waals surface area contributed by atoms with Gasteiger partial charge < -0.3 is 35.8 Å². The summed E-state index contributed by atoms with van der Waals surface area (Å²) >= 11 is 0. The number of nitrogens with one attached hydrogen (secondary N) is 4. The Labute approximate surface area is 513 Å². The van der Waals surface area contributed by atoms with Crippen molar-refractivity contribution in [2.75, 3.05) is 69.7 Å². The van der Waals surface area contributed by atoms with Crippen molar-refractivity contribution in [1.29, 1.82) is 0 Å². The number of carboxylic acids is 1. The molecule has 4 aromatic heterocycles. The Bertz CT molecular complexity index is 3820. The number of aliphatic carboxylic acids is 1. The standard InChI is InChI=1S/C30H37F3N8O7S.C20H21F3N8O3S.C2HF3O2/c1-28(2,3)47-26(43)40(17-21-23(36-15-14-35-21)39(8)49(9,45)46)22-20(30(31,32)33)16-37-25(38-22)41(27(44)48-29(4,5)6)19-12-10-18(11-13-19)24(42)34-7;1-24-18(32)12-4-6-13(7-5-12)29-19-28-10-14(20(21,22)23)16(30-19)27-11-15-17(26-9-8-25-15)31(2)35(3,33)34;3-2(4,5)1(6)7/h10-16H,17H2,1-9H3,(H,34,42);4-10H,11H2,1-3H3,(H,24,32)(H2,27,28,29,30);(H,6,7). The maximum absolute atomic E-state index is 14.6. The van der Waals surface area contributed by atoms with Crippen LogP contribution < -0.4 is 39.7 Å². The predicted octanol–water partition coefficient (Wildman–Crippen LogP) is 8.09. The SMILES string of the molecule is CNC(=O)c1ccc(N(C(=O)OC(C)(C)C)c2ncc(C(F)(F)F)c(N(Cc3nccnc3N(C)S(C)(=O)=O)C(=O)OC(C)(C)C)n2)cc1.CNC(=O)c1ccc(Nc2ncc(C(F)(F)F)c(NCc3nccnc3N(C)S(C)(=O)=O)n2)cc1.O=C(O)C(F)(F)F. The van der Waals surface area contributed by atoms with E-state index in [4.69, 9.17) is 19.4 Å². The molecule has 2 aromatic carbocycles. The van der Waals surface area contributed by atoms with E-state index in [9.17, 15) is 75.5 Å². The minimum atomic E-state index is -5.14. The number of hydrogen-bond donors (Lipinski definition) is 5. The molecule has 0 aliphatic heterocycles. The van der Waals surface area contributed by atoms with Crippen LogP contribution in [0.15, 0.2) is 85.7 Å². The van der Waals surface area contributed by atoms with Crippen LogP contribution in [0.4, 0.5) is 95.6 Å². The average Bonchev–Trinajstić information content (AvgIpc) is 0.782. The predicted molar refractivity (Wildman–Crippen MR) is 309 cm³/mol. The number of carbonyl (C=O) groups excluding carboxylic acids is 4.